The second-order valence-corrected chi connectivity index (χ2v) is 15.0. The van der Waals surface area contributed by atoms with Crippen molar-refractivity contribution in [2.75, 3.05) is 40.3 Å². The first-order valence-corrected chi connectivity index (χ1v) is 17.1. The van der Waals surface area contributed by atoms with Gasteiger partial charge < -0.3 is 41.7 Å². The summed E-state index contributed by atoms with van der Waals surface area (Å²) in [4.78, 5) is 94.0. The number of nitrogens with zero attached hydrogens (tertiary/aromatic N) is 2. The molecule has 0 fully saturated rings. The van der Waals surface area contributed by atoms with E-state index >= 15 is 0 Å². The van der Waals surface area contributed by atoms with Gasteiger partial charge in [0.1, 0.15) is 22.7 Å². The molecule has 0 saturated heterocycles. The Morgan fingerprint density at radius 1 is 0.633 bits per heavy atom. The number of hydrogen-bond acceptors (Lipinski definition) is 8. The Morgan fingerprint density at radius 3 is 1.67 bits per heavy atom. The van der Waals surface area contributed by atoms with Gasteiger partial charge in [0, 0.05) is 38.5 Å². The summed E-state index contributed by atoms with van der Waals surface area (Å²) in [6.45, 7) is 19.1. The maximum absolute atomic E-state index is 13.8. The van der Waals surface area contributed by atoms with Crippen molar-refractivity contribution in [2.45, 2.75) is 131 Å². The Balaban J connectivity index is 5.61. The molecule has 282 valence electrons. The van der Waals surface area contributed by atoms with Crippen LogP contribution in [0.3, 0.4) is 0 Å². The summed E-state index contributed by atoms with van der Waals surface area (Å²) in [7, 11) is 3.79. The van der Waals surface area contributed by atoms with Gasteiger partial charge in [0.15, 0.2) is 0 Å². The van der Waals surface area contributed by atoms with Crippen molar-refractivity contribution in [2.24, 2.45) is 5.92 Å². The first-order valence-electron chi connectivity index (χ1n) is 17.1. The molecule has 0 aromatic rings. The smallest absolute Gasteiger partial charge is 0.246 e. The Bertz CT molecular complexity index is 1170. The van der Waals surface area contributed by atoms with Gasteiger partial charge in [0.25, 0.3) is 0 Å². The molecule has 0 bridgehead atoms. The topological polar surface area (TPSA) is 198 Å². The number of carbonyl (C=O) groups excluding carboxylic acids is 7. The van der Waals surface area contributed by atoms with E-state index in [0.717, 1.165) is 0 Å². The molecule has 0 saturated carbocycles. The molecule has 15 nitrogen and oxygen atoms in total. The van der Waals surface area contributed by atoms with E-state index in [2.05, 4.69) is 31.9 Å². The highest BCUT2D eigenvalue weighted by atomic mass is 16.2. The van der Waals surface area contributed by atoms with E-state index in [1.165, 1.54) is 32.6 Å². The number of rotatable bonds is 21. The Kier molecular flexibility index (Phi) is 18.5. The first-order chi connectivity index (χ1) is 22.4. The van der Waals surface area contributed by atoms with Gasteiger partial charge in [-0.05, 0) is 88.2 Å². The van der Waals surface area contributed by atoms with Crippen molar-refractivity contribution in [1.29, 1.82) is 0 Å². The number of likely N-dealkylation sites (N-methyl/N-ethyl adjacent to an activating group) is 1. The van der Waals surface area contributed by atoms with Crippen LogP contribution in [-0.2, 0) is 33.6 Å². The minimum atomic E-state index is -1.49. The summed E-state index contributed by atoms with van der Waals surface area (Å²) in [5.41, 5.74) is -4.12. The average molecular weight is 697 g/mol. The summed E-state index contributed by atoms with van der Waals surface area (Å²) < 4.78 is 0. The third-order valence-electron chi connectivity index (χ3n) is 7.59. The zero-order valence-electron chi connectivity index (χ0n) is 32.1. The van der Waals surface area contributed by atoms with Crippen LogP contribution in [-0.4, -0.2) is 120 Å². The predicted octanol–water partition coefficient (Wildman–Crippen LogP) is 0.423. The van der Waals surface area contributed by atoms with Crippen LogP contribution in [0.5, 0.6) is 0 Å². The van der Waals surface area contributed by atoms with Crippen LogP contribution in [0.15, 0.2) is 0 Å². The minimum absolute atomic E-state index is 0.0123. The normalized spacial score (nSPS) is 12.7. The molecule has 0 aromatic carbocycles. The van der Waals surface area contributed by atoms with Gasteiger partial charge in [-0.2, -0.15) is 0 Å². The van der Waals surface area contributed by atoms with Crippen molar-refractivity contribution in [3.05, 3.63) is 0 Å². The second kappa shape index (κ2) is 20.1. The fourth-order valence-electron chi connectivity index (χ4n) is 4.74. The fraction of sp³-hybridized carbons (Fsp3) is 0.794. The van der Waals surface area contributed by atoms with E-state index in [1.54, 1.807) is 27.7 Å². The highest BCUT2D eigenvalue weighted by Crippen LogP contribution is 2.18. The summed E-state index contributed by atoms with van der Waals surface area (Å²) in [5.74, 6) is -3.27. The number of nitrogens with one attached hydrogen (secondary N) is 6. The zero-order valence-corrected chi connectivity index (χ0v) is 32.1. The molecule has 0 spiro atoms. The molecule has 0 radical (unpaired) electrons. The van der Waals surface area contributed by atoms with Gasteiger partial charge in [-0.3, -0.25) is 33.6 Å². The predicted molar refractivity (Wildman–Crippen MR) is 189 cm³/mol. The van der Waals surface area contributed by atoms with E-state index in [4.69, 9.17) is 0 Å². The van der Waals surface area contributed by atoms with Crippen molar-refractivity contribution in [3.8, 4) is 0 Å². The number of amides is 7. The lowest BCUT2D eigenvalue weighted by Crippen LogP contribution is -2.65. The first kappa shape index (κ1) is 45.2. The molecule has 0 aromatic heterocycles. The lowest BCUT2D eigenvalue weighted by molar-refractivity contribution is -0.145. The SMILES string of the molecule is CCCC(=O)NC(C)(C)C(=O)NCC(=O)N(C(C)C)C(CC(C)C)C(=O)NC(C)(C)C(=O)NC(C)(C)C(=O)NCCC(=O)NCCN(C)C. The molecular formula is C34H64N8O7. The summed E-state index contributed by atoms with van der Waals surface area (Å²) >= 11 is 0. The molecule has 6 N–H and O–H groups in total. The van der Waals surface area contributed by atoms with E-state index in [-0.39, 0.29) is 43.5 Å². The maximum atomic E-state index is 13.8. The number of hydrogen-bond donors (Lipinski definition) is 6. The quantitative estimate of drug-likeness (QED) is 0.0993. The van der Waals surface area contributed by atoms with Crippen LogP contribution >= 0.6 is 0 Å². The molecule has 0 aliphatic heterocycles. The second-order valence-electron chi connectivity index (χ2n) is 15.0. The van der Waals surface area contributed by atoms with Crippen molar-refractivity contribution >= 4 is 41.4 Å². The largest absolute Gasteiger partial charge is 0.355 e. The van der Waals surface area contributed by atoms with Gasteiger partial charge >= 0.3 is 0 Å². The summed E-state index contributed by atoms with van der Waals surface area (Å²) in [6.07, 6.45) is 1.23. The summed E-state index contributed by atoms with van der Waals surface area (Å²) in [6, 6.07) is -1.42. The molecule has 0 heterocycles. The summed E-state index contributed by atoms with van der Waals surface area (Å²) in [5, 5.41) is 16.1. The molecule has 15 heteroatoms. The molecule has 0 rings (SSSR count). The zero-order chi connectivity index (χ0) is 38.3. The third kappa shape index (κ3) is 16.5. The Labute approximate surface area is 293 Å². The maximum Gasteiger partial charge on any atom is 0.246 e. The van der Waals surface area contributed by atoms with Crippen LogP contribution < -0.4 is 31.9 Å². The molecule has 1 atom stereocenters. The van der Waals surface area contributed by atoms with Crippen molar-refractivity contribution < 1.29 is 33.6 Å². The molecule has 0 aliphatic carbocycles. The standard InChI is InChI=1S/C34H64N8O7/c1-14-15-26(44)38-32(6,7)30(48)37-21-27(45)42(23(4)5)24(20-22(2)3)28(46)39-34(10,11)31(49)40-33(8,9)29(47)36-17-16-25(43)35-18-19-41(12)13/h22-24H,14-21H2,1-13H3,(H,35,43)(H,36,47)(H,37,48)(H,38,44)(H,39,46)(H,40,49). The van der Waals surface area contributed by atoms with Gasteiger partial charge in [0.2, 0.25) is 41.4 Å². The lowest BCUT2D eigenvalue weighted by atomic mass is 9.96. The van der Waals surface area contributed by atoms with Gasteiger partial charge in [-0.1, -0.05) is 20.8 Å². The van der Waals surface area contributed by atoms with Crippen LogP contribution in [0.1, 0.15) is 102 Å². The van der Waals surface area contributed by atoms with E-state index in [1.807, 2.05) is 39.8 Å². The highest BCUT2D eigenvalue weighted by molar-refractivity contribution is 5.98. The molecule has 1 unspecified atom stereocenters. The Hall–Kier alpha value is -3.75. The van der Waals surface area contributed by atoms with Crippen LogP contribution in [0.2, 0.25) is 0 Å². The monoisotopic (exact) mass is 696 g/mol. The van der Waals surface area contributed by atoms with Gasteiger partial charge in [-0.25, -0.2) is 0 Å². The van der Waals surface area contributed by atoms with E-state index in [9.17, 15) is 33.6 Å². The average Bonchev–Trinajstić information content (AvgIpc) is 2.94. The fourth-order valence-corrected chi connectivity index (χ4v) is 4.74. The van der Waals surface area contributed by atoms with Crippen molar-refractivity contribution in [1.82, 2.24) is 41.7 Å². The molecule has 0 aliphatic rings. The molecular weight excluding hydrogens is 632 g/mol. The Morgan fingerprint density at radius 2 is 1.16 bits per heavy atom. The van der Waals surface area contributed by atoms with Crippen LogP contribution in [0.25, 0.3) is 0 Å². The van der Waals surface area contributed by atoms with Crippen molar-refractivity contribution in [3.63, 3.8) is 0 Å². The van der Waals surface area contributed by atoms with Gasteiger partial charge in [-0.15, -0.1) is 0 Å². The molecule has 49 heavy (non-hydrogen) atoms. The minimum Gasteiger partial charge on any atom is -0.355 e. The van der Waals surface area contributed by atoms with Crippen LogP contribution in [0.4, 0.5) is 0 Å². The van der Waals surface area contributed by atoms with Crippen LogP contribution in [0, 0.1) is 5.92 Å². The number of carbonyl (C=O) groups is 7. The van der Waals surface area contributed by atoms with E-state index in [0.29, 0.717) is 19.5 Å². The molecule has 7 amide bonds. The third-order valence-corrected chi connectivity index (χ3v) is 7.59. The van der Waals surface area contributed by atoms with Gasteiger partial charge in [0.05, 0.1) is 6.54 Å². The van der Waals surface area contributed by atoms with E-state index < -0.39 is 64.8 Å². The highest BCUT2D eigenvalue weighted by Gasteiger charge is 2.40. The lowest BCUT2D eigenvalue weighted by Gasteiger charge is -2.38.